The highest BCUT2D eigenvalue weighted by molar-refractivity contribution is 6.30. The van der Waals surface area contributed by atoms with Crippen LogP contribution in [-0.4, -0.2) is 0 Å². The molecule has 1 heteroatoms. The van der Waals surface area contributed by atoms with Crippen molar-refractivity contribution in [3.63, 3.8) is 0 Å². The van der Waals surface area contributed by atoms with Crippen molar-refractivity contribution >= 4 is 53.9 Å². The molecule has 0 saturated carbocycles. The lowest BCUT2D eigenvalue weighted by Crippen LogP contribution is -1.95. The summed E-state index contributed by atoms with van der Waals surface area (Å²) < 4.78 is 6.07. The lowest BCUT2D eigenvalue weighted by molar-refractivity contribution is 0.134. The van der Waals surface area contributed by atoms with Crippen molar-refractivity contribution in [3.8, 4) is 11.1 Å². The van der Waals surface area contributed by atoms with E-state index in [-0.39, 0.29) is 0 Å². The first-order chi connectivity index (χ1) is 17.4. The lowest BCUT2D eigenvalue weighted by atomic mass is 9.83. The van der Waals surface area contributed by atoms with E-state index in [4.69, 9.17) is 4.74 Å². The van der Waals surface area contributed by atoms with Crippen LogP contribution in [0.2, 0.25) is 0 Å². The minimum Gasteiger partial charge on any atom is -0.372 e. The molecule has 0 radical (unpaired) electrons. The van der Waals surface area contributed by atoms with Crippen LogP contribution in [0.5, 0.6) is 0 Å². The fraction of sp³-hybridized carbons (Fsp3) is 0.0588. The van der Waals surface area contributed by atoms with Gasteiger partial charge in [-0.25, -0.2) is 0 Å². The molecule has 0 amide bonds. The Hall–Kier alpha value is -4.20. The molecule has 0 bridgehead atoms. The molecule has 0 unspecified atom stereocenters. The highest BCUT2D eigenvalue weighted by Gasteiger charge is 2.24. The fourth-order valence-electron chi connectivity index (χ4n) is 6.28. The number of hydrogen-bond acceptors (Lipinski definition) is 1. The van der Waals surface area contributed by atoms with Gasteiger partial charge in [0.2, 0.25) is 0 Å². The zero-order valence-electron chi connectivity index (χ0n) is 19.2. The van der Waals surface area contributed by atoms with Gasteiger partial charge in [0.05, 0.1) is 13.2 Å². The molecule has 0 spiro atoms. The van der Waals surface area contributed by atoms with Crippen LogP contribution in [0.3, 0.4) is 0 Å². The zero-order chi connectivity index (χ0) is 22.9. The van der Waals surface area contributed by atoms with Crippen LogP contribution in [0.4, 0.5) is 0 Å². The van der Waals surface area contributed by atoms with E-state index in [9.17, 15) is 0 Å². The van der Waals surface area contributed by atoms with E-state index >= 15 is 0 Å². The SMILES string of the molecule is c1ccc2c(c1)cc(-c1c3c(cc4c5ccccc5c5ccccc5c14)COC3)c1ccccc12. The molecule has 164 valence electrons. The summed E-state index contributed by atoms with van der Waals surface area (Å²) in [6.45, 7) is 1.33. The number of rotatable bonds is 1. The maximum Gasteiger partial charge on any atom is 0.0731 e. The number of hydrogen-bond donors (Lipinski definition) is 0. The smallest absolute Gasteiger partial charge is 0.0731 e. The largest absolute Gasteiger partial charge is 0.372 e. The molecule has 0 saturated heterocycles. The number of fused-ring (bicyclic) bond motifs is 10. The molecule has 7 aromatic rings. The summed E-state index contributed by atoms with van der Waals surface area (Å²) in [6, 6.07) is 40.1. The summed E-state index contributed by atoms with van der Waals surface area (Å²) in [6.07, 6.45) is 0. The molecule has 1 heterocycles. The molecular weight excluding hydrogens is 424 g/mol. The van der Waals surface area contributed by atoms with Crippen molar-refractivity contribution in [1.29, 1.82) is 0 Å². The minimum atomic E-state index is 0.656. The second kappa shape index (κ2) is 7.15. The predicted octanol–water partition coefficient (Wildman–Crippen LogP) is 9.15. The molecule has 1 nitrogen and oxygen atoms in total. The monoisotopic (exact) mass is 446 g/mol. The normalized spacial score (nSPS) is 13.4. The summed E-state index contributed by atoms with van der Waals surface area (Å²) in [4.78, 5) is 0. The van der Waals surface area contributed by atoms with Gasteiger partial charge in [0, 0.05) is 0 Å². The van der Waals surface area contributed by atoms with Crippen LogP contribution in [0.15, 0.2) is 109 Å². The summed E-state index contributed by atoms with van der Waals surface area (Å²) >= 11 is 0. The summed E-state index contributed by atoms with van der Waals surface area (Å²) in [7, 11) is 0. The molecule has 8 rings (SSSR count). The second-order valence-electron chi connectivity index (χ2n) is 9.59. The van der Waals surface area contributed by atoms with Gasteiger partial charge >= 0.3 is 0 Å². The molecule has 0 aliphatic carbocycles. The van der Waals surface area contributed by atoms with Gasteiger partial charge in [-0.2, -0.15) is 0 Å². The van der Waals surface area contributed by atoms with Crippen LogP contribution in [0.25, 0.3) is 65.0 Å². The Bertz CT molecular complexity index is 1980. The third kappa shape index (κ3) is 2.62. The third-order valence-corrected chi connectivity index (χ3v) is 7.77. The average molecular weight is 447 g/mol. The van der Waals surface area contributed by atoms with Gasteiger partial charge in [-0.05, 0) is 88.2 Å². The van der Waals surface area contributed by atoms with Crippen LogP contribution < -0.4 is 0 Å². The Labute approximate surface area is 203 Å². The Morgan fingerprint density at radius 1 is 0.457 bits per heavy atom. The minimum absolute atomic E-state index is 0.656. The van der Waals surface area contributed by atoms with E-state index in [0.717, 1.165) is 0 Å². The van der Waals surface area contributed by atoms with Gasteiger partial charge in [0.15, 0.2) is 0 Å². The van der Waals surface area contributed by atoms with Crippen molar-refractivity contribution in [2.24, 2.45) is 0 Å². The third-order valence-electron chi connectivity index (χ3n) is 7.77. The van der Waals surface area contributed by atoms with E-state index in [1.165, 1.54) is 76.1 Å². The molecular formula is C34H22O. The van der Waals surface area contributed by atoms with E-state index in [1.807, 2.05) is 0 Å². The first-order valence-electron chi connectivity index (χ1n) is 12.2. The van der Waals surface area contributed by atoms with Gasteiger partial charge in [0.25, 0.3) is 0 Å². The Morgan fingerprint density at radius 3 is 1.74 bits per heavy atom. The Kier molecular flexibility index (Phi) is 3.91. The van der Waals surface area contributed by atoms with Gasteiger partial charge in [-0.3, -0.25) is 0 Å². The Morgan fingerprint density at radius 2 is 1.00 bits per heavy atom. The van der Waals surface area contributed by atoms with Crippen molar-refractivity contribution < 1.29 is 4.74 Å². The number of benzene rings is 7. The quantitative estimate of drug-likeness (QED) is 0.228. The van der Waals surface area contributed by atoms with Crippen molar-refractivity contribution in [1.82, 2.24) is 0 Å². The van der Waals surface area contributed by atoms with E-state index in [1.54, 1.807) is 0 Å². The van der Waals surface area contributed by atoms with Crippen LogP contribution >= 0.6 is 0 Å². The number of ether oxygens (including phenoxy) is 1. The van der Waals surface area contributed by atoms with Crippen molar-refractivity contribution in [3.05, 3.63) is 120 Å². The Balaban J connectivity index is 1.68. The first-order valence-corrected chi connectivity index (χ1v) is 12.2. The van der Waals surface area contributed by atoms with E-state index in [2.05, 4.69) is 109 Å². The molecule has 1 aliphatic rings. The van der Waals surface area contributed by atoms with Gasteiger partial charge in [-0.15, -0.1) is 0 Å². The summed E-state index contributed by atoms with van der Waals surface area (Å²) in [5.74, 6) is 0. The van der Waals surface area contributed by atoms with Crippen molar-refractivity contribution in [2.75, 3.05) is 0 Å². The summed E-state index contributed by atoms with van der Waals surface area (Å²) in [5, 5.41) is 13.1. The lowest BCUT2D eigenvalue weighted by Gasteiger charge is -2.19. The predicted molar refractivity (Wildman–Crippen MR) is 148 cm³/mol. The van der Waals surface area contributed by atoms with Crippen LogP contribution in [0, 0.1) is 0 Å². The van der Waals surface area contributed by atoms with Gasteiger partial charge in [0.1, 0.15) is 0 Å². The van der Waals surface area contributed by atoms with E-state index < -0.39 is 0 Å². The topological polar surface area (TPSA) is 9.23 Å². The zero-order valence-corrected chi connectivity index (χ0v) is 19.2. The van der Waals surface area contributed by atoms with Crippen molar-refractivity contribution in [2.45, 2.75) is 13.2 Å². The standard InChI is InChI=1S/C34H22O/c1-2-10-23-21(9-1)17-30(27-14-5-3-11-24(23)27)34-32-20-35-19-22(32)18-31-28-15-6-4-12-25(28)26-13-7-8-16-29(26)33(31)34/h1-18H,19-20H2. The highest BCUT2D eigenvalue weighted by Crippen LogP contribution is 2.47. The molecule has 35 heavy (non-hydrogen) atoms. The van der Waals surface area contributed by atoms with Gasteiger partial charge < -0.3 is 4.74 Å². The molecule has 0 aromatic heterocycles. The van der Waals surface area contributed by atoms with Crippen LogP contribution in [-0.2, 0) is 18.0 Å². The maximum atomic E-state index is 6.07. The molecule has 0 atom stereocenters. The molecule has 1 aliphatic heterocycles. The average Bonchev–Trinajstić information content (AvgIpc) is 3.40. The van der Waals surface area contributed by atoms with Crippen LogP contribution in [0.1, 0.15) is 11.1 Å². The molecule has 7 aromatic carbocycles. The first kappa shape index (κ1) is 19.1. The van der Waals surface area contributed by atoms with E-state index in [0.29, 0.717) is 13.2 Å². The van der Waals surface area contributed by atoms with Gasteiger partial charge in [-0.1, -0.05) is 97.1 Å². The second-order valence-corrected chi connectivity index (χ2v) is 9.59. The summed E-state index contributed by atoms with van der Waals surface area (Å²) in [5.41, 5.74) is 5.27. The molecule has 0 fully saturated rings. The fourth-order valence-corrected chi connectivity index (χ4v) is 6.28. The molecule has 0 N–H and O–H groups in total. The highest BCUT2D eigenvalue weighted by atomic mass is 16.5. The maximum absolute atomic E-state index is 6.07.